The van der Waals surface area contributed by atoms with Crippen molar-refractivity contribution in [1.82, 2.24) is 10.2 Å². The number of hydrogen-bond donors (Lipinski definition) is 2. The quantitative estimate of drug-likeness (QED) is 0.665. The molecule has 140 valence electrons. The molecule has 6 nitrogen and oxygen atoms in total. The van der Waals surface area contributed by atoms with Gasteiger partial charge in [-0.1, -0.05) is 0 Å². The lowest BCUT2D eigenvalue weighted by atomic mass is 10.1. The molecule has 0 saturated carbocycles. The largest absolute Gasteiger partial charge is 0.379 e. The Bertz CT molecular complexity index is 540. The van der Waals surface area contributed by atoms with Gasteiger partial charge in [-0.25, -0.2) is 0 Å². The number of amides is 1. The summed E-state index contributed by atoms with van der Waals surface area (Å²) in [5.74, 6) is 0.000617. The van der Waals surface area contributed by atoms with Crippen LogP contribution in [0.5, 0.6) is 0 Å². The molecule has 1 aromatic rings. The number of carbonyl (C=O) groups is 1. The average Bonchev–Trinajstić information content (AvgIpc) is 2.63. The minimum absolute atomic E-state index is 0.000617. The van der Waals surface area contributed by atoms with Gasteiger partial charge in [-0.15, -0.1) is 0 Å². The van der Waals surface area contributed by atoms with E-state index in [1.165, 1.54) is 5.69 Å². The maximum absolute atomic E-state index is 12.1. The van der Waals surface area contributed by atoms with Gasteiger partial charge in [0, 0.05) is 50.6 Å². The molecule has 1 heterocycles. The van der Waals surface area contributed by atoms with Crippen molar-refractivity contribution in [2.75, 3.05) is 69.2 Å². The highest BCUT2D eigenvalue weighted by Gasteiger charge is 2.10. The number of ether oxygens (including phenoxy) is 1. The molecular weight excluding hydrogens is 316 g/mol. The van der Waals surface area contributed by atoms with Gasteiger partial charge in [0.2, 0.25) is 5.91 Å². The molecule has 0 unspecified atom stereocenters. The van der Waals surface area contributed by atoms with Gasteiger partial charge in [-0.05, 0) is 44.5 Å². The first-order valence-electron chi connectivity index (χ1n) is 9.30. The zero-order valence-electron chi connectivity index (χ0n) is 15.8. The number of carbonyl (C=O) groups excluding carboxylic acids is 1. The monoisotopic (exact) mass is 348 g/mol. The van der Waals surface area contributed by atoms with Crippen LogP contribution < -0.4 is 15.5 Å². The van der Waals surface area contributed by atoms with Gasteiger partial charge in [0.1, 0.15) is 0 Å². The van der Waals surface area contributed by atoms with Crippen LogP contribution in [0.4, 0.5) is 11.4 Å². The third-order valence-corrected chi connectivity index (χ3v) is 4.61. The summed E-state index contributed by atoms with van der Waals surface area (Å²) in [6.45, 7) is 14.0. The molecule has 0 bridgehead atoms. The van der Waals surface area contributed by atoms with E-state index in [-0.39, 0.29) is 5.91 Å². The summed E-state index contributed by atoms with van der Waals surface area (Å²) >= 11 is 0. The zero-order valence-corrected chi connectivity index (χ0v) is 15.8. The number of nitrogens with one attached hydrogen (secondary N) is 2. The fourth-order valence-corrected chi connectivity index (χ4v) is 3.03. The molecule has 1 aliphatic heterocycles. The van der Waals surface area contributed by atoms with Crippen LogP contribution >= 0.6 is 0 Å². The fraction of sp³-hybridized carbons (Fsp3) is 0.632. The minimum Gasteiger partial charge on any atom is -0.379 e. The standard InChI is InChI=1S/C19H32N4O2/c1-4-23(5-2)17-6-7-18(16(3)14-17)21-19(24)15-20-8-9-22-10-12-25-13-11-22/h6-7,14,20H,4-5,8-13,15H2,1-3H3,(H,21,24). The molecule has 1 amide bonds. The van der Waals surface area contributed by atoms with E-state index in [2.05, 4.69) is 46.4 Å². The van der Waals surface area contributed by atoms with E-state index in [4.69, 9.17) is 4.74 Å². The summed E-state index contributed by atoms with van der Waals surface area (Å²) in [5.41, 5.74) is 3.17. The Morgan fingerprint density at radius 1 is 1.24 bits per heavy atom. The Labute approximate surface area is 151 Å². The fourth-order valence-electron chi connectivity index (χ4n) is 3.03. The van der Waals surface area contributed by atoms with Gasteiger partial charge in [0.05, 0.1) is 19.8 Å². The number of rotatable bonds is 9. The topological polar surface area (TPSA) is 56.8 Å². The van der Waals surface area contributed by atoms with E-state index in [0.717, 1.165) is 63.7 Å². The molecule has 2 N–H and O–H groups in total. The number of anilines is 2. The smallest absolute Gasteiger partial charge is 0.238 e. The van der Waals surface area contributed by atoms with Crippen molar-refractivity contribution < 1.29 is 9.53 Å². The van der Waals surface area contributed by atoms with E-state index >= 15 is 0 Å². The molecule has 0 aliphatic carbocycles. The van der Waals surface area contributed by atoms with E-state index in [1.54, 1.807) is 0 Å². The van der Waals surface area contributed by atoms with Crippen molar-refractivity contribution in [3.8, 4) is 0 Å². The Kier molecular flexibility index (Phi) is 8.18. The highest BCUT2D eigenvalue weighted by molar-refractivity contribution is 5.93. The second kappa shape index (κ2) is 10.4. The first kappa shape index (κ1) is 19.7. The number of benzene rings is 1. The molecule has 2 rings (SSSR count). The van der Waals surface area contributed by atoms with Gasteiger partial charge >= 0.3 is 0 Å². The van der Waals surface area contributed by atoms with Gasteiger partial charge < -0.3 is 20.3 Å². The third-order valence-electron chi connectivity index (χ3n) is 4.61. The Balaban J connectivity index is 1.74. The SMILES string of the molecule is CCN(CC)c1ccc(NC(=O)CNCCN2CCOCC2)c(C)c1. The second-order valence-corrected chi connectivity index (χ2v) is 6.35. The lowest BCUT2D eigenvalue weighted by Crippen LogP contribution is -2.41. The summed E-state index contributed by atoms with van der Waals surface area (Å²) in [7, 11) is 0. The highest BCUT2D eigenvalue weighted by atomic mass is 16.5. The van der Waals surface area contributed by atoms with Crippen LogP contribution in [0.1, 0.15) is 19.4 Å². The van der Waals surface area contributed by atoms with Crippen LogP contribution in [0.25, 0.3) is 0 Å². The van der Waals surface area contributed by atoms with Gasteiger partial charge in [-0.2, -0.15) is 0 Å². The number of aryl methyl sites for hydroxylation is 1. The maximum Gasteiger partial charge on any atom is 0.238 e. The number of morpholine rings is 1. The molecule has 0 atom stereocenters. The first-order valence-corrected chi connectivity index (χ1v) is 9.30. The van der Waals surface area contributed by atoms with Crippen LogP contribution in [0, 0.1) is 6.92 Å². The lowest BCUT2D eigenvalue weighted by molar-refractivity contribution is -0.115. The van der Waals surface area contributed by atoms with Crippen molar-refractivity contribution in [3.63, 3.8) is 0 Å². The normalized spacial score (nSPS) is 15.2. The highest BCUT2D eigenvalue weighted by Crippen LogP contribution is 2.22. The molecule has 1 aromatic carbocycles. The predicted molar refractivity (Wildman–Crippen MR) is 103 cm³/mol. The zero-order chi connectivity index (χ0) is 18.1. The summed E-state index contributed by atoms with van der Waals surface area (Å²) in [5, 5.41) is 6.21. The van der Waals surface area contributed by atoms with E-state index < -0.39 is 0 Å². The average molecular weight is 348 g/mol. The van der Waals surface area contributed by atoms with Crippen LogP contribution in [0.3, 0.4) is 0 Å². The summed E-state index contributed by atoms with van der Waals surface area (Å²) < 4.78 is 5.33. The van der Waals surface area contributed by atoms with Gasteiger partial charge in [0.25, 0.3) is 0 Å². The molecular formula is C19H32N4O2. The molecule has 6 heteroatoms. The molecule has 0 spiro atoms. The summed E-state index contributed by atoms with van der Waals surface area (Å²) in [4.78, 5) is 16.8. The maximum atomic E-state index is 12.1. The van der Waals surface area contributed by atoms with Crippen molar-refractivity contribution >= 4 is 17.3 Å². The van der Waals surface area contributed by atoms with Crippen LogP contribution in [-0.2, 0) is 9.53 Å². The Morgan fingerprint density at radius 2 is 1.96 bits per heavy atom. The molecule has 1 saturated heterocycles. The minimum atomic E-state index is 0.000617. The van der Waals surface area contributed by atoms with Crippen molar-refractivity contribution in [2.45, 2.75) is 20.8 Å². The second-order valence-electron chi connectivity index (χ2n) is 6.35. The van der Waals surface area contributed by atoms with E-state index in [0.29, 0.717) is 6.54 Å². The number of nitrogens with zero attached hydrogens (tertiary/aromatic N) is 2. The predicted octanol–water partition coefficient (Wildman–Crippen LogP) is 1.70. The molecule has 0 radical (unpaired) electrons. The van der Waals surface area contributed by atoms with Crippen molar-refractivity contribution in [3.05, 3.63) is 23.8 Å². The van der Waals surface area contributed by atoms with Crippen molar-refractivity contribution in [2.24, 2.45) is 0 Å². The van der Waals surface area contributed by atoms with Gasteiger partial charge in [0.15, 0.2) is 0 Å². The first-order chi connectivity index (χ1) is 12.1. The van der Waals surface area contributed by atoms with Crippen LogP contribution in [0.2, 0.25) is 0 Å². The molecule has 0 aromatic heterocycles. The molecule has 25 heavy (non-hydrogen) atoms. The summed E-state index contributed by atoms with van der Waals surface area (Å²) in [6.07, 6.45) is 0. The van der Waals surface area contributed by atoms with E-state index in [1.807, 2.05) is 13.0 Å². The number of hydrogen-bond acceptors (Lipinski definition) is 5. The van der Waals surface area contributed by atoms with Crippen molar-refractivity contribution in [1.29, 1.82) is 0 Å². The van der Waals surface area contributed by atoms with Crippen LogP contribution in [-0.4, -0.2) is 69.8 Å². The van der Waals surface area contributed by atoms with Gasteiger partial charge in [-0.3, -0.25) is 9.69 Å². The third kappa shape index (κ3) is 6.30. The Morgan fingerprint density at radius 3 is 2.60 bits per heavy atom. The van der Waals surface area contributed by atoms with Crippen LogP contribution in [0.15, 0.2) is 18.2 Å². The molecule has 1 fully saturated rings. The van der Waals surface area contributed by atoms with E-state index in [9.17, 15) is 4.79 Å². The molecule has 1 aliphatic rings. The lowest BCUT2D eigenvalue weighted by Gasteiger charge is -2.26. The Hall–Kier alpha value is -1.63. The summed E-state index contributed by atoms with van der Waals surface area (Å²) in [6, 6.07) is 6.20.